The van der Waals surface area contributed by atoms with Crippen LogP contribution < -0.4 is 10.1 Å². The summed E-state index contributed by atoms with van der Waals surface area (Å²) in [6, 6.07) is 14.4. The average Bonchev–Trinajstić information content (AvgIpc) is 3.27. The number of ketones is 1. The number of aromatic nitrogens is 2. The fourth-order valence-electron chi connectivity index (χ4n) is 2.97. The molecule has 2 heterocycles. The Morgan fingerprint density at radius 2 is 1.92 bits per heavy atom. The molecule has 6 nitrogen and oxygen atoms in total. The first-order chi connectivity index (χ1) is 12.6. The summed E-state index contributed by atoms with van der Waals surface area (Å²) in [4.78, 5) is 28.9. The van der Waals surface area contributed by atoms with E-state index in [4.69, 9.17) is 4.74 Å². The Morgan fingerprint density at radius 3 is 2.62 bits per heavy atom. The second-order valence-corrected chi connectivity index (χ2v) is 6.18. The van der Waals surface area contributed by atoms with Crippen LogP contribution in [0, 0.1) is 0 Å². The van der Waals surface area contributed by atoms with Gasteiger partial charge in [0.2, 0.25) is 5.78 Å². The third-order valence-electron chi connectivity index (χ3n) is 4.38. The van der Waals surface area contributed by atoms with Gasteiger partial charge < -0.3 is 14.6 Å². The molecule has 4 rings (SSSR count). The lowest BCUT2D eigenvalue weighted by molar-refractivity contribution is -0.122. The van der Waals surface area contributed by atoms with Gasteiger partial charge in [-0.25, -0.2) is 4.98 Å². The van der Waals surface area contributed by atoms with Gasteiger partial charge in [0, 0.05) is 37.1 Å². The topological polar surface area (TPSA) is 73.2 Å². The van der Waals surface area contributed by atoms with Crippen LogP contribution in [-0.4, -0.2) is 27.3 Å². The molecule has 0 spiro atoms. The van der Waals surface area contributed by atoms with E-state index in [0.29, 0.717) is 23.5 Å². The summed E-state index contributed by atoms with van der Waals surface area (Å²) in [5, 5.41) is 2.83. The van der Waals surface area contributed by atoms with Crippen LogP contribution in [-0.2, 0) is 18.3 Å². The molecule has 0 fully saturated rings. The quantitative estimate of drug-likeness (QED) is 0.736. The zero-order valence-corrected chi connectivity index (χ0v) is 14.2. The Labute approximate surface area is 150 Å². The number of carbonyl (C=O) groups excluding carboxylic acids is 2. The van der Waals surface area contributed by atoms with E-state index in [2.05, 4.69) is 10.3 Å². The highest BCUT2D eigenvalue weighted by Crippen LogP contribution is 2.28. The third-order valence-corrected chi connectivity index (χ3v) is 4.38. The van der Waals surface area contributed by atoms with Gasteiger partial charge in [-0.05, 0) is 35.9 Å². The Kier molecular flexibility index (Phi) is 4.01. The van der Waals surface area contributed by atoms with Gasteiger partial charge in [0.1, 0.15) is 5.75 Å². The normalized spacial score (nSPS) is 15.2. The van der Waals surface area contributed by atoms with E-state index < -0.39 is 6.10 Å². The van der Waals surface area contributed by atoms with Crippen LogP contribution in [0.3, 0.4) is 0 Å². The third kappa shape index (κ3) is 2.97. The average molecular weight is 347 g/mol. The van der Waals surface area contributed by atoms with Crippen LogP contribution in [0.25, 0.3) is 0 Å². The highest BCUT2D eigenvalue weighted by molar-refractivity contribution is 6.07. The number of nitrogens with zero attached hydrogens (tertiary/aromatic N) is 2. The highest BCUT2D eigenvalue weighted by atomic mass is 16.5. The molecule has 0 saturated carbocycles. The van der Waals surface area contributed by atoms with E-state index in [1.54, 1.807) is 48.3 Å². The molecule has 1 amide bonds. The number of fused-ring (bicyclic) bond motifs is 1. The molecule has 3 aromatic rings. The number of nitrogens with one attached hydrogen (secondary N) is 1. The van der Waals surface area contributed by atoms with Gasteiger partial charge in [-0.1, -0.05) is 18.2 Å². The van der Waals surface area contributed by atoms with Crippen molar-refractivity contribution in [2.45, 2.75) is 12.5 Å². The molecule has 1 N–H and O–H groups in total. The number of carbonyl (C=O) groups is 2. The Hall–Kier alpha value is -3.41. The highest BCUT2D eigenvalue weighted by Gasteiger charge is 2.28. The monoisotopic (exact) mass is 347 g/mol. The van der Waals surface area contributed by atoms with Gasteiger partial charge in [-0.3, -0.25) is 9.59 Å². The van der Waals surface area contributed by atoms with Crippen molar-refractivity contribution >= 4 is 17.4 Å². The minimum atomic E-state index is -0.540. The summed E-state index contributed by atoms with van der Waals surface area (Å²) >= 11 is 0. The number of imidazole rings is 1. The number of hydrogen-bond acceptors (Lipinski definition) is 4. The number of anilines is 1. The SMILES string of the molecule is Cn1ccnc1C(=O)c1ccc(NC(=O)C2Cc3ccccc3O2)cc1. The van der Waals surface area contributed by atoms with Crippen LogP contribution in [0.4, 0.5) is 5.69 Å². The maximum absolute atomic E-state index is 12.4. The number of rotatable bonds is 4. The Bertz CT molecular complexity index is 951. The van der Waals surface area contributed by atoms with Crippen molar-refractivity contribution in [3.8, 4) is 5.75 Å². The van der Waals surface area contributed by atoms with E-state index in [1.165, 1.54) is 0 Å². The molecule has 130 valence electrons. The first-order valence-electron chi connectivity index (χ1n) is 8.29. The van der Waals surface area contributed by atoms with Crippen molar-refractivity contribution in [1.82, 2.24) is 9.55 Å². The Balaban J connectivity index is 1.43. The van der Waals surface area contributed by atoms with Crippen LogP contribution in [0.2, 0.25) is 0 Å². The minimum absolute atomic E-state index is 0.162. The van der Waals surface area contributed by atoms with Crippen LogP contribution >= 0.6 is 0 Å². The van der Waals surface area contributed by atoms with Crippen molar-refractivity contribution < 1.29 is 14.3 Å². The molecule has 0 aliphatic carbocycles. The predicted molar refractivity (Wildman–Crippen MR) is 96.3 cm³/mol. The molecule has 1 unspecified atom stereocenters. The van der Waals surface area contributed by atoms with E-state index in [-0.39, 0.29) is 11.7 Å². The number of aryl methyl sites for hydroxylation is 1. The van der Waals surface area contributed by atoms with Crippen molar-refractivity contribution in [1.29, 1.82) is 0 Å². The van der Waals surface area contributed by atoms with E-state index in [1.807, 2.05) is 24.3 Å². The van der Waals surface area contributed by atoms with E-state index >= 15 is 0 Å². The Morgan fingerprint density at radius 1 is 1.15 bits per heavy atom. The van der Waals surface area contributed by atoms with Crippen molar-refractivity contribution in [3.05, 3.63) is 77.9 Å². The molecule has 0 bridgehead atoms. The van der Waals surface area contributed by atoms with Gasteiger partial charge in [0.05, 0.1) is 0 Å². The summed E-state index contributed by atoms with van der Waals surface area (Å²) < 4.78 is 7.36. The number of para-hydroxylation sites is 1. The van der Waals surface area contributed by atoms with Gasteiger partial charge >= 0.3 is 0 Å². The molecule has 1 atom stereocenters. The largest absolute Gasteiger partial charge is 0.480 e. The second kappa shape index (κ2) is 6.48. The maximum Gasteiger partial charge on any atom is 0.265 e. The van der Waals surface area contributed by atoms with Crippen LogP contribution in [0.15, 0.2) is 60.9 Å². The fraction of sp³-hybridized carbons (Fsp3) is 0.150. The number of hydrogen-bond donors (Lipinski definition) is 1. The summed E-state index contributed by atoms with van der Waals surface area (Å²) in [6.07, 6.45) is 3.32. The molecule has 6 heteroatoms. The first kappa shape index (κ1) is 16.1. The van der Waals surface area contributed by atoms with Gasteiger partial charge in [0.25, 0.3) is 5.91 Å². The summed E-state index contributed by atoms with van der Waals surface area (Å²) in [5.74, 6) is 0.761. The zero-order chi connectivity index (χ0) is 18.1. The van der Waals surface area contributed by atoms with Crippen molar-refractivity contribution in [2.75, 3.05) is 5.32 Å². The fourth-order valence-corrected chi connectivity index (χ4v) is 2.97. The molecular weight excluding hydrogens is 330 g/mol. The molecule has 0 saturated heterocycles. The van der Waals surface area contributed by atoms with Crippen molar-refractivity contribution in [3.63, 3.8) is 0 Å². The first-order valence-corrected chi connectivity index (χ1v) is 8.29. The minimum Gasteiger partial charge on any atom is -0.480 e. The number of benzene rings is 2. The lowest BCUT2D eigenvalue weighted by Gasteiger charge is -2.11. The van der Waals surface area contributed by atoms with Gasteiger partial charge in [-0.2, -0.15) is 0 Å². The van der Waals surface area contributed by atoms with Crippen LogP contribution in [0.1, 0.15) is 21.7 Å². The van der Waals surface area contributed by atoms with Gasteiger partial charge in [0.15, 0.2) is 11.9 Å². The maximum atomic E-state index is 12.4. The molecule has 2 aromatic carbocycles. The zero-order valence-electron chi connectivity index (χ0n) is 14.2. The summed E-state index contributed by atoms with van der Waals surface area (Å²) in [5.41, 5.74) is 2.16. The lowest BCUT2D eigenvalue weighted by atomic mass is 10.1. The number of ether oxygens (including phenoxy) is 1. The lowest BCUT2D eigenvalue weighted by Crippen LogP contribution is -2.31. The molecule has 1 aliphatic rings. The molecular formula is C20H17N3O3. The standard InChI is InChI=1S/C20H17N3O3/c1-23-11-10-21-19(23)18(24)13-6-8-15(9-7-13)22-20(25)17-12-14-4-2-3-5-16(14)26-17/h2-11,17H,12H2,1H3,(H,22,25). The number of amides is 1. The summed E-state index contributed by atoms with van der Waals surface area (Å²) in [6.45, 7) is 0. The van der Waals surface area contributed by atoms with Crippen LogP contribution in [0.5, 0.6) is 5.75 Å². The molecule has 1 aromatic heterocycles. The molecule has 0 radical (unpaired) electrons. The van der Waals surface area contributed by atoms with Gasteiger partial charge in [-0.15, -0.1) is 0 Å². The smallest absolute Gasteiger partial charge is 0.265 e. The second-order valence-electron chi connectivity index (χ2n) is 6.18. The van der Waals surface area contributed by atoms with Crippen molar-refractivity contribution in [2.24, 2.45) is 7.05 Å². The summed E-state index contributed by atoms with van der Waals surface area (Å²) in [7, 11) is 1.77. The predicted octanol–water partition coefficient (Wildman–Crippen LogP) is 2.59. The van der Waals surface area contributed by atoms with E-state index in [0.717, 1.165) is 11.3 Å². The molecule has 26 heavy (non-hydrogen) atoms. The van der Waals surface area contributed by atoms with E-state index in [9.17, 15) is 9.59 Å². The molecule has 1 aliphatic heterocycles.